The molecule has 1 aromatic carbocycles. The first-order valence-electron chi connectivity index (χ1n) is 4.81. The van der Waals surface area contributed by atoms with Crippen LogP contribution < -0.4 is 4.90 Å². The second-order valence-corrected chi connectivity index (χ2v) is 4.36. The number of anilines is 1. The van der Waals surface area contributed by atoms with Crippen molar-refractivity contribution in [3.8, 4) is 0 Å². The van der Waals surface area contributed by atoms with Crippen LogP contribution in [0, 0.1) is 0 Å². The quantitative estimate of drug-likeness (QED) is 0.772. The van der Waals surface area contributed by atoms with Crippen LogP contribution in [0.15, 0.2) is 22.7 Å². The first-order chi connectivity index (χ1) is 7.15. The fourth-order valence-corrected chi connectivity index (χ4v) is 2.06. The topological polar surface area (TPSA) is 37.4 Å². The van der Waals surface area contributed by atoms with Gasteiger partial charge in [0.1, 0.15) is 0 Å². The molecule has 3 nitrogen and oxygen atoms in total. The third-order valence-electron chi connectivity index (χ3n) is 2.38. The maximum Gasteiger partial charge on any atom is 0.299 e. The highest BCUT2D eigenvalue weighted by molar-refractivity contribution is 9.10. The molecular weight excluding hydrogens is 258 g/mol. The number of hydrogen-bond donors (Lipinski definition) is 0. The Hall–Kier alpha value is -1.16. The zero-order valence-electron chi connectivity index (χ0n) is 8.29. The molecule has 4 heteroatoms. The lowest BCUT2D eigenvalue weighted by molar-refractivity contribution is -0.114. The molecule has 0 radical (unpaired) electrons. The summed E-state index contributed by atoms with van der Waals surface area (Å²) in [6, 6.07) is 5.28. The van der Waals surface area contributed by atoms with Crippen LogP contribution in [0.3, 0.4) is 0 Å². The molecule has 0 fully saturated rings. The van der Waals surface area contributed by atoms with E-state index in [9.17, 15) is 9.59 Å². The van der Waals surface area contributed by atoms with Gasteiger partial charge in [-0.05, 0) is 24.6 Å². The fourth-order valence-electron chi connectivity index (χ4n) is 1.71. The number of carbonyl (C=O) groups is 2. The van der Waals surface area contributed by atoms with E-state index in [1.54, 1.807) is 17.0 Å². The number of rotatable bonds is 2. The minimum absolute atomic E-state index is 0.397. The first-order valence-corrected chi connectivity index (χ1v) is 5.60. The number of Topliss-reactive ketones (excluding diaryl/α,β-unsaturated/α-hetero) is 1. The second-order valence-electron chi connectivity index (χ2n) is 3.45. The van der Waals surface area contributed by atoms with Crippen LogP contribution in [-0.4, -0.2) is 18.2 Å². The highest BCUT2D eigenvalue weighted by atomic mass is 79.9. The van der Waals surface area contributed by atoms with E-state index < -0.39 is 11.7 Å². The molecule has 0 bridgehead atoms. The van der Waals surface area contributed by atoms with Crippen molar-refractivity contribution < 1.29 is 9.59 Å². The van der Waals surface area contributed by atoms with E-state index in [2.05, 4.69) is 15.9 Å². The number of amides is 1. The summed E-state index contributed by atoms with van der Waals surface area (Å²) in [5, 5.41) is 0. The van der Waals surface area contributed by atoms with Crippen molar-refractivity contribution in [3.05, 3.63) is 28.2 Å². The van der Waals surface area contributed by atoms with Crippen molar-refractivity contribution in [1.82, 2.24) is 0 Å². The zero-order chi connectivity index (χ0) is 11.0. The Balaban J connectivity index is 2.51. The summed E-state index contributed by atoms with van der Waals surface area (Å²) in [5.74, 6) is -0.809. The molecule has 1 aromatic rings. The molecular formula is C11H10BrNO2. The van der Waals surface area contributed by atoms with Gasteiger partial charge in [-0.3, -0.25) is 9.59 Å². The number of halogens is 1. The van der Waals surface area contributed by atoms with Crippen LogP contribution in [0.2, 0.25) is 0 Å². The molecule has 0 unspecified atom stereocenters. The average molecular weight is 268 g/mol. The van der Waals surface area contributed by atoms with Gasteiger partial charge in [-0.25, -0.2) is 0 Å². The van der Waals surface area contributed by atoms with E-state index in [1.807, 2.05) is 13.0 Å². The van der Waals surface area contributed by atoms with Gasteiger partial charge < -0.3 is 4.90 Å². The number of ketones is 1. The molecule has 15 heavy (non-hydrogen) atoms. The standard InChI is InChI=1S/C11H10BrNO2/c1-2-5-13-9-6-7(12)3-4-8(9)10(14)11(13)15/h3-4,6H,2,5H2,1H3. The van der Waals surface area contributed by atoms with Crippen LogP contribution in [-0.2, 0) is 4.79 Å². The van der Waals surface area contributed by atoms with Gasteiger partial charge in [-0.2, -0.15) is 0 Å². The molecule has 1 heterocycles. The number of carbonyl (C=O) groups excluding carboxylic acids is 2. The van der Waals surface area contributed by atoms with Crippen LogP contribution in [0.4, 0.5) is 5.69 Å². The maximum atomic E-state index is 11.6. The van der Waals surface area contributed by atoms with E-state index in [0.29, 0.717) is 12.1 Å². The van der Waals surface area contributed by atoms with E-state index >= 15 is 0 Å². The van der Waals surface area contributed by atoms with Crippen LogP contribution in [0.25, 0.3) is 0 Å². The third-order valence-corrected chi connectivity index (χ3v) is 2.88. The Kier molecular flexibility index (Phi) is 2.61. The Morgan fingerprint density at radius 1 is 1.33 bits per heavy atom. The van der Waals surface area contributed by atoms with Gasteiger partial charge in [-0.15, -0.1) is 0 Å². The van der Waals surface area contributed by atoms with Crippen molar-refractivity contribution >= 4 is 33.3 Å². The lowest BCUT2D eigenvalue weighted by Gasteiger charge is -2.14. The summed E-state index contributed by atoms with van der Waals surface area (Å²) < 4.78 is 0.879. The van der Waals surface area contributed by atoms with Crippen molar-refractivity contribution in [1.29, 1.82) is 0 Å². The highest BCUT2D eigenvalue weighted by Gasteiger charge is 2.34. The van der Waals surface area contributed by atoms with Crippen LogP contribution in [0.1, 0.15) is 23.7 Å². The van der Waals surface area contributed by atoms with Gasteiger partial charge in [0.15, 0.2) is 0 Å². The van der Waals surface area contributed by atoms with Gasteiger partial charge in [-0.1, -0.05) is 22.9 Å². The molecule has 0 atom stereocenters. The molecule has 0 saturated carbocycles. The Labute approximate surface area is 96.2 Å². The summed E-state index contributed by atoms with van der Waals surface area (Å²) in [7, 11) is 0. The minimum Gasteiger partial charge on any atom is -0.305 e. The molecule has 0 N–H and O–H groups in total. The number of nitrogens with zero attached hydrogens (tertiary/aromatic N) is 1. The average Bonchev–Trinajstić information content (AvgIpc) is 2.44. The Bertz CT molecular complexity index is 442. The number of fused-ring (bicyclic) bond motifs is 1. The van der Waals surface area contributed by atoms with Crippen molar-refractivity contribution in [3.63, 3.8) is 0 Å². The summed E-state index contributed by atoms with van der Waals surface area (Å²) in [5.41, 5.74) is 1.23. The Morgan fingerprint density at radius 3 is 2.73 bits per heavy atom. The molecule has 0 aromatic heterocycles. The zero-order valence-corrected chi connectivity index (χ0v) is 9.87. The van der Waals surface area contributed by atoms with Gasteiger partial charge in [0.05, 0.1) is 11.3 Å². The second kappa shape index (κ2) is 3.77. The minimum atomic E-state index is -0.412. The van der Waals surface area contributed by atoms with Crippen molar-refractivity contribution in [2.45, 2.75) is 13.3 Å². The molecule has 0 aliphatic carbocycles. The van der Waals surface area contributed by atoms with Gasteiger partial charge in [0.25, 0.3) is 11.7 Å². The number of benzene rings is 1. The third kappa shape index (κ3) is 1.59. The molecule has 2 rings (SSSR count). The number of hydrogen-bond acceptors (Lipinski definition) is 2. The summed E-state index contributed by atoms with van der Waals surface area (Å²) in [6.45, 7) is 2.57. The normalized spacial score (nSPS) is 14.7. The maximum absolute atomic E-state index is 11.6. The van der Waals surface area contributed by atoms with Crippen LogP contribution >= 0.6 is 15.9 Å². The van der Waals surface area contributed by atoms with Crippen molar-refractivity contribution in [2.75, 3.05) is 11.4 Å². The van der Waals surface area contributed by atoms with Crippen molar-refractivity contribution in [2.24, 2.45) is 0 Å². The van der Waals surface area contributed by atoms with Crippen LogP contribution in [0.5, 0.6) is 0 Å². The molecule has 78 valence electrons. The summed E-state index contributed by atoms with van der Waals surface area (Å²) >= 11 is 3.33. The van der Waals surface area contributed by atoms with E-state index in [4.69, 9.17) is 0 Å². The summed E-state index contributed by atoms with van der Waals surface area (Å²) in [6.07, 6.45) is 0.838. The molecule has 0 saturated heterocycles. The smallest absolute Gasteiger partial charge is 0.299 e. The van der Waals surface area contributed by atoms with Gasteiger partial charge >= 0.3 is 0 Å². The lowest BCUT2D eigenvalue weighted by Crippen LogP contribution is -2.30. The largest absolute Gasteiger partial charge is 0.305 e. The molecule has 1 aliphatic rings. The lowest BCUT2D eigenvalue weighted by atomic mass is 10.1. The molecule has 1 aliphatic heterocycles. The Morgan fingerprint density at radius 2 is 2.07 bits per heavy atom. The molecule has 1 amide bonds. The van der Waals surface area contributed by atoms with E-state index in [1.165, 1.54) is 0 Å². The van der Waals surface area contributed by atoms with Gasteiger partial charge in [0, 0.05) is 11.0 Å². The fraction of sp³-hybridized carbons (Fsp3) is 0.273. The SMILES string of the molecule is CCCN1C(=O)C(=O)c2ccc(Br)cc21. The molecule has 0 spiro atoms. The van der Waals surface area contributed by atoms with E-state index in [-0.39, 0.29) is 0 Å². The highest BCUT2D eigenvalue weighted by Crippen LogP contribution is 2.31. The van der Waals surface area contributed by atoms with Gasteiger partial charge in [0.2, 0.25) is 0 Å². The monoisotopic (exact) mass is 267 g/mol. The predicted molar refractivity (Wildman–Crippen MR) is 61.1 cm³/mol. The predicted octanol–water partition coefficient (Wildman–Crippen LogP) is 2.39. The first kappa shape index (κ1) is 10.4. The summed E-state index contributed by atoms with van der Waals surface area (Å²) in [4.78, 5) is 24.8. The van der Waals surface area contributed by atoms with E-state index in [0.717, 1.165) is 16.6 Å².